The van der Waals surface area contributed by atoms with Gasteiger partial charge in [-0.05, 0) is 12.3 Å². The van der Waals surface area contributed by atoms with Crippen LogP contribution in [0.5, 0.6) is 0 Å². The standard InChI is InChI=1S/C11H19N3O6/c1-5(2)8(9(12)17)14-11(20)13-6(10(18)19)3-4-7(15)16/h5-6,8H,3-4H2,1-2H3,(H2,12,17)(H,15,16)(H,18,19)(H2,13,14,20). The van der Waals surface area contributed by atoms with E-state index in [1.165, 1.54) is 0 Å². The van der Waals surface area contributed by atoms with Gasteiger partial charge < -0.3 is 26.6 Å². The molecule has 0 fully saturated rings. The summed E-state index contributed by atoms with van der Waals surface area (Å²) in [5.74, 6) is -3.54. The van der Waals surface area contributed by atoms with E-state index < -0.39 is 42.4 Å². The van der Waals surface area contributed by atoms with Crippen LogP contribution in [0.25, 0.3) is 0 Å². The summed E-state index contributed by atoms with van der Waals surface area (Å²) in [5.41, 5.74) is 5.10. The van der Waals surface area contributed by atoms with Gasteiger partial charge in [-0.15, -0.1) is 0 Å². The van der Waals surface area contributed by atoms with Crippen LogP contribution in [0.2, 0.25) is 0 Å². The quantitative estimate of drug-likeness (QED) is 0.390. The van der Waals surface area contributed by atoms with Gasteiger partial charge in [0, 0.05) is 6.42 Å². The molecule has 9 nitrogen and oxygen atoms in total. The van der Waals surface area contributed by atoms with Crippen molar-refractivity contribution in [3.8, 4) is 0 Å². The predicted molar refractivity (Wildman–Crippen MR) is 67.8 cm³/mol. The number of urea groups is 1. The molecule has 0 heterocycles. The summed E-state index contributed by atoms with van der Waals surface area (Å²) in [6.07, 6.45) is -0.665. The number of carbonyl (C=O) groups excluding carboxylic acids is 2. The monoisotopic (exact) mass is 289 g/mol. The Morgan fingerprint density at radius 1 is 1.10 bits per heavy atom. The van der Waals surface area contributed by atoms with Gasteiger partial charge in [0.1, 0.15) is 12.1 Å². The third-order valence-corrected chi connectivity index (χ3v) is 2.51. The molecule has 0 saturated heterocycles. The van der Waals surface area contributed by atoms with Gasteiger partial charge in [-0.2, -0.15) is 0 Å². The normalized spacial score (nSPS) is 13.3. The third-order valence-electron chi connectivity index (χ3n) is 2.51. The van der Waals surface area contributed by atoms with E-state index in [1.807, 2.05) is 0 Å². The summed E-state index contributed by atoms with van der Waals surface area (Å²) < 4.78 is 0. The van der Waals surface area contributed by atoms with Crippen molar-refractivity contribution in [1.29, 1.82) is 0 Å². The number of hydrogen-bond donors (Lipinski definition) is 5. The zero-order valence-electron chi connectivity index (χ0n) is 11.3. The minimum Gasteiger partial charge on any atom is -0.481 e. The minimum absolute atomic E-state index is 0.263. The van der Waals surface area contributed by atoms with Crippen LogP contribution in [0.4, 0.5) is 4.79 Å². The topological polar surface area (TPSA) is 159 Å². The van der Waals surface area contributed by atoms with Gasteiger partial charge in [0.05, 0.1) is 0 Å². The first kappa shape index (κ1) is 17.7. The van der Waals surface area contributed by atoms with Gasteiger partial charge in [-0.1, -0.05) is 13.8 Å². The molecule has 0 rings (SSSR count). The Bertz CT molecular complexity index is 396. The van der Waals surface area contributed by atoms with E-state index >= 15 is 0 Å². The number of carbonyl (C=O) groups is 4. The van der Waals surface area contributed by atoms with Crippen LogP contribution in [0.3, 0.4) is 0 Å². The van der Waals surface area contributed by atoms with Crippen LogP contribution in [0.1, 0.15) is 26.7 Å². The van der Waals surface area contributed by atoms with Crippen LogP contribution in [-0.2, 0) is 14.4 Å². The second-order valence-electron chi connectivity index (χ2n) is 4.57. The van der Waals surface area contributed by atoms with Crippen molar-refractivity contribution < 1.29 is 29.4 Å². The van der Waals surface area contributed by atoms with Crippen molar-refractivity contribution in [3.05, 3.63) is 0 Å². The summed E-state index contributed by atoms with van der Waals surface area (Å²) in [5, 5.41) is 21.7. The molecule has 0 aromatic heterocycles. The van der Waals surface area contributed by atoms with Gasteiger partial charge >= 0.3 is 18.0 Å². The van der Waals surface area contributed by atoms with Gasteiger partial charge in [-0.25, -0.2) is 9.59 Å². The summed E-state index contributed by atoms with van der Waals surface area (Å²) in [7, 11) is 0. The molecule has 0 aliphatic carbocycles. The molecule has 0 aliphatic rings. The first-order valence-electron chi connectivity index (χ1n) is 5.96. The van der Waals surface area contributed by atoms with Crippen molar-refractivity contribution in [2.24, 2.45) is 11.7 Å². The average Bonchev–Trinajstić information content (AvgIpc) is 2.29. The summed E-state index contributed by atoms with van der Waals surface area (Å²) in [6.45, 7) is 3.32. The molecule has 3 amide bonds. The van der Waals surface area contributed by atoms with Crippen molar-refractivity contribution in [3.63, 3.8) is 0 Å². The summed E-state index contributed by atoms with van der Waals surface area (Å²) >= 11 is 0. The molecule has 20 heavy (non-hydrogen) atoms. The first-order chi connectivity index (χ1) is 9.15. The maximum Gasteiger partial charge on any atom is 0.326 e. The number of aliphatic carboxylic acids is 2. The first-order valence-corrected chi connectivity index (χ1v) is 5.96. The Morgan fingerprint density at radius 2 is 1.65 bits per heavy atom. The molecule has 2 unspecified atom stereocenters. The van der Waals surface area contributed by atoms with Gasteiger partial charge in [-0.3, -0.25) is 9.59 Å². The fourth-order valence-electron chi connectivity index (χ4n) is 1.43. The Balaban J connectivity index is 4.56. The molecule has 6 N–H and O–H groups in total. The van der Waals surface area contributed by atoms with E-state index in [0.717, 1.165) is 0 Å². The van der Waals surface area contributed by atoms with Crippen LogP contribution in [0, 0.1) is 5.92 Å². The molecule has 0 aromatic rings. The van der Waals surface area contributed by atoms with Crippen LogP contribution in [-0.4, -0.2) is 46.2 Å². The third kappa shape index (κ3) is 6.57. The second kappa shape index (κ2) is 7.97. The molecule has 9 heteroatoms. The lowest BCUT2D eigenvalue weighted by Crippen LogP contribution is -2.54. The van der Waals surface area contributed by atoms with E-state index in [9.17, 15) is 19.2 Å². The Morgan fingerprint density at radius 3 is 2.00 bits per heavy atom. The number of carboxylic acid groups (broad SMARTS) is 2. The Labute approximate surface area is 115 Å². The van der Waals surface area contributed by atoms with Crippen LogP contribution in [0.15, 0.2) is 0 Å². The van der Waals surface area contributed by atoms with Crippen molar-refractivity contribution in [2.75, 3.05) is 0 Å². The van der Waals surface area contributed by atoms with Gasteiger partial charge in [0.25, 0.3) is 0 Å². The molecule has 0 saturated carbocycles. The van der Waals surface area contributed by atoms with Crippen molar-refractivity contribution in [2.45, 2.75) is 38.8 Å². The second-order valence-corrected chi connectivity index (χ2v) is 4.57. The Hall–Kier alpha value is -2.32. The van der Waals surface area contributed by atoms with Crippen molar-refractivity contribution >= 4 is 23.9 Å². The largest absolute Gasteiger partial charge is 0.481 e. The smallest absolute Gasteiger partial charge is 0.326 e. The minimum atomic E-state index is -1.36. The van der Waals surface area contributed by atoms with E-state index in [1.54, 1.807) is 13.8 Å². The molecular formula is C11H19N3O6. The molecular weight excluding hydrogens is 270 g/mol. The maximum atomic E-state index is 11.6. The lowest BCUT2D eigenvalue weighted by atomic mass is 10.0. The van der Waals surface area contributed by atoms with E-state index in [2.05, 4.69) is 10.6 Å². The maximum absolute atomic E-state index is 11.6. The van der Waals surface area contributed by atoms with E-state index in [0.29, 0.717) is 0 Å². The van der Waals surface area contributed by atoms with E-state index in [-0.39, 0.29) is 12.3 Å². The fourth-order valence-corrected chi connectivity index (χ4v) is 1.43. The number of primary amides is 1. The van der Waals surface area contributed by atoms with E-state index in [4.69, 9.17) is 15.9 Å². The highest BCUT2D eigenvalue weighted by Crippen LogP contribution is 2.02. The van der Waals surface area contributed by atoms with Gasteiger partial charge in [0.15, 0.2) is 0 Å². The Kier molecular flexibility index (Phi) is 7.05. The fraction of sp³-hybridized carbons (Fsp3) is 0.636. The highest BCUT2D eigenvalue weighted by Gasteiger charge is 2.25. The SMILES string of the molecule is CC(C)C(NC(=O)NC(CCC(=O)O)C(=O)O)C(N)=O. The molecule has 0 aliphatic heterocycles. The summed E-state index contributed by atoms with van der Waals surface area (Å²) in [6, 6.07) is -3.18. The zero-order chi connectivity index (χ0) is 15.9. The average molecular weight is 289 g/mol. The highest BCUT2D eigenvalue weighted by molar-refractivity contribution is 5.88. The van der Waals surface area contributed by atoms with Crippen LogP contribution < -0.4 is 16.4 Å². The number of rotatable bonds is 8. The number of carboxylic acids is 2. The molecule has 114 valence electrons. The number of nitrogens with one attached hydrogen (secondary N) is 2. The molecule has 0 bridgehead atoms. The number of nitrogens with two attached hydrogens (primary N) is 1. The lowest BCUT2D eigenvalue weighted by Gasteiger charge is -2.21. The number of amides is 3. The lowest BCUT2D eigenvalue weighted by molar-refractivity contribution is -0.140. The van der Waals surface area contributed by atoms with Gasteiger partial charge in [0.2, 0.25) is 5.91 Å². The molecule has 2 atom stereocenters. The number of hydrogen-bond acceptors (Lipinski definition) is 4. The van der Waals surface area contributed by atoms with Crippen molar-refractivity contribution in [1.82, 2.24) is 10.6 Å². The highest BCUT2D eigenvalue weighted by atomic mass is 16.4. The molecule has 0 spiro atoms. The van der Waals surface area contributed by atoms with Crippen LogP contribution >= 0.6 is 0 Å². The predicted octanol–water partition coefficient (Wildman–Crippen LogP) is -0.886. The summed E-state index contributed by atoms with van der Waals surface area (Å²) in [4.78, 5) is 43.9. The molecule has 0 aromatic carbocycles. The zero-order valence-corrected chi connectivity index (χ0v) is 11.3. The molecule has 0 radical (unpaired) electrons.